The van der Waals surface area contributed by atoms with E-state index in [-0.39, 0.29) is 35.3 Å². The molecule has 0 atom stereocenters. The van der Waals surface area contributed by atoms with Crippen molar-refractivity contribution in [2.24, 2.45) is 0 Å². The minimum Gasteiger partial charge on any atom is -0.506 e. The maximum Gasteiger partial charge on any atom is 0.243 e. The summed E-state index contributed by atoms with van der Waals surface area (Å²) in [5.74, 6) is -0.555. The summed E-state index contributed by atoms with van der Waals surface area (Å²) in [6, 6.07) is 3.63. The largest absolute Gasteiger partial charge is 0.506 e. The monoisotopic (exact) mass is 301 g/mol. The molecule has 1 amide bonds. The number of aromatic hydroxyl groups is 1. The van der Waals surface area contributed by atoms with Crippen molar-refractivity contribution < 1.29 is 18.3 Å². The summed E-state index contributed by atoms with van der Waals surface area (Å²) >= 11 is 0. The Morgan fingerprint density at radius 1 is 1.40 bits per heavy atom. The van der Waals surface area contributed by atoms with Gasteiger partial charge >= 0.3 is 0 Å². The first-order chi connectivity index (χ1) is 9.32. The van der Waals surface area contributed by atoms with Crippen molar-refractivity contribution in [3.8, 4) is 5.75 Å². The molecule has 0 aliphatic carbocycles. The molecule has 0 spiro atoms. The van der Waals surface area contributed by atoms with Gasteiger partial charge in [0.25, 0.3) is 0 Å². The number of nitrogens with zero attached hydrogens (tertiary/aromatic N) is 1. The fourth-order valence-electron chi connectivity index (χ4n) is 1.62. The van der Waals surface area contributed by atoms with Gasteiger partial charge in [-0.1, -0.05) is 6.92 Å². The molecule has 0 aliphatic heterocycles. The zero-order valence-electron chi connectivity index (χ0n) is 11.5. The van der Waals surface area contributed by atoms with Crippen LogP contribution in [0.4, 0.5) is 5.69 Å². The number of phenolic OH excluding ortho intramolecular Hbond substituents is 1. The standard InChI is InChI=1S/C12H19N3O4S/c1-3-14-12(17)8-15(4-2)20(18,19)9-5-6-11(16)10(13)7-9/h5-7,16H,3-4,8,13H2,1-2H3,(H,14,17). The molecule has 8 heteroatoms. The third-order valence-corrected chi connectivity index (χ3v) is 4.60. The number of sulfonamides is 1. The molecule has 7 nitrogen and oxygen atoms in total. The molecule has 1 aromatic carbocycles. The third-order valence-electron chi connectivity index (χ3n) is 2.68. The van der Waals surface area contributed by atoms with Crippen LogP contribution in [0.1, 0.15) is 13.8 Å². The number of phenols is 1. The minimum atomic E-state index is -3.82. The molecular formula is C12H19N3O4S. The fourth-order valence-corrected chi connectivity index (χ4v) is 3.06. The number of likely N-dealkylation sites (N-methyl/N-ethyl adjacent to an activating group) is 2. The molecule has 1 rings (SSSR count). The molecule has 0 saturated heterocycles. The highest BCUT2D eigenvalue weighted by Gasteiger charge is 2.25. The predicted octanol–water partition coefficient (Wildman–Crippen LogP) is 0.121. The number of anilines is 1. The van der Waals surface area contributed by atoms with E-state index in [1.54, 1.807) is 13.8 Å². The molecule has 112 valence electrons. The molecule has 0 radical (unpaired) electrons. The number of hydrogen-bond donors (Lipinski definition) is 3. The minimum absolute atomic E-state index is 0.0277. The van der Waals surface area contributed by atoms with Crippen molar-refractivity contribution in [1.29, 1.82) is 0 Å². The first-order valence-corrected chi connectivity index (χ1v) is 7.62. The lowest BCUT2D eigenvalue weighted by atomic mass is 10.3. The van der Waals surface area contributed by atoms with Gasteiger partial charge in [-0.2, -0.15) is 4.31 Å². The van der Waals surface area contributed by atoms with Gasteiger partial charge in [0.2, 0.25) is 15.9 Å². The smallest absolute Gasteiger partial charge is 0.243 e. The number of nitrogens with one attached hydrogen (secondary N) is 1. The van der Waals surface area contributed by atoms with Crippen molar-refractivity contribution in [2.45, 2.75) is 18.7 Å². The summed E-state index contributed by atoms with van der Waals surface area (Å²) in [4.78, 5) is 11.5. The third kappa shape index (κ3) is 3.61. The second-order valence-electron chi connectivity index (χ2n) is 4.11. The van der Waals surface area contributed by atoms with Crippen molar-refractivity contribution in [3.05, 3.63) is 18.2 Å². The molecule has 0 heterocycles. The van der Waals surface area contributed by atoms with Gasteiger partial charge in [0.1, 0.15) is 5.75 Å². The number of amides is 1. The van der Waals surface area contributed by atoms with Crippen LogP contribution in [0.25, 0.3) is 0 Å². The van der Waals surface area contributed by atoms with Gasteiger partial charge in [-0.3, -0.25) is 4.79 Å². The van der Waals surface area contributed by atoms with Crippen LogP contribution in [-0.2, 0) is 14.8 Å². The molecular weight excluding hydrogens is 282 g/mol. The molecule has 0 bridgehead atoms. The zero-order chi connectivity index (χ0) is 15.3. The van der Waals surface area contributed by atoms with Crippen LogP contribution in [-0.4, -0.2) is 43.4 Å². The summed E-state index contributed by atoms with van der Waals surface area (Å²) in [6.45, 7) is 3.72. The molecule has 0 aliphatic rings. The van der Waals surface area contributed by atoms with Gasteiger partial charge in [-0.25, -0.2) is 8.42 Å². The predicted molar refractivity (Wildman–Crippen MR) is 75.6 cm³/mol. The van der Waals surface area contributed by atoms with Gasteiger partial charge in [-0.05, 0) is 25.1 Å². The Balaban J connectivity index is 3.05. The summed E-state index contributed by atoms with van der Waals surface area (Å²) in [6.07, 6.45) is 0. The normalized spacial score (nSPS) is 11.6. The van der Waals surface area contributed by atoms with Crippen LogP contribution in [0, 0.1) is 0 Å². The van der Waals surface area contributed by atoms with Crippen molar-refractivity contribution in [1.82, 2.24) is 9.62 Å². The Kier molecular flexibility index (Phi) is 5.34. The van der Waals surface area contributed by atoms with Crippen LogP contribution in [0.2, 0.25) is 0 Å². The highest BCUT2D eigenvalue weighted by Crippen LogP contribution is 2.25. The van der Waals surface area contributed by atoms with Gasteiger partial charge < -0.3 is 16.2 Å². The van der Waals surface area contributed by atoms with Crippen LogP contribution in [0.5, 0.6) is 5.75 Å². The number of carbonyl (C=O) groups is 1. The molecule has 0 saturated carbocycles. The highest BCUT2D eigenvalue weighted by molar-refractivity contribution is 7.89. The van der Waals surface area contributed by atoms with Crippen LogP contribution >= 0.6 is 0 Å². The van der Waals surface area contributed by atoms with Crippen LogP contribution in [0.15, 0.2) is 23.1 Å². The number of benzene rings is 1. The SMILES string of the molecule is CCNC(=O)CN(CC)S(=O)(=O)c1ccc(O)c(N)c1. The lowest BCUT2D eigenvalue weighted by Gasteiger charge is -2.20. The molecule has 4 N–H and O–H groups in total. The lowest BCUT2D eigenvalue weighted by molar-refractivity contribution is -0.121. The molecule has 0 fully saturated rings. The van der Waals surface area contributed by atoms with Crippen LogP contribution in [0.3, 0.4) is 0 Å². The summed E-state index contributed by atoms with van der Waals surface area (Å²) < 4.78 is 25.8. The van der Waals surface area contributed by atoms with E-state index in [1.807, 2.05) is 0 Å². The van der Waals surface area contributed by atoms with E-state index < -0.39 is 10.0 Å². The van der Waals surface area contributed by atoms with E-state index in [9.17, 15) is 18.3 Å². The van der Waals surface area contributed by atoms with E-state index in [4.69, 9.17) is 5.73 Å². The summed E-state index contributed by atoms with van der Waals surface area (Å²) in [5, 5.41) is 11.9. The van der Waals surface area contributed by atoms with E-state index in [1.165, 1.54) is 18.2 Å². The summed E-state index contributed by atoms with van der Waals surface area (Å²) in [5.41, 5.74) is 5.47. The second-order valence-corrected chi connectivity index (χ2v) is 6.04. The van der Waals surface area contributed by atoms with Crippen molar-refractivity contribution >= 4 is 21.6 Å². The number of hydrogen-bond acceptors (Lipinski definition) is 5. The van der Waals surface area contributed by atoms with E-state index in [0.717, 1.165) is 4.31 Å². The average Bonchev–Trinajstić information content (AvgIpc) is 2.39. The van der Waals surface area contributed by atoms with E-state index in [0.29, 0.717) is 6.54 Å². The number of rotatable bonds is 6. The Morgan fingerprint density at radius 3 is 2.55 bits per heavy atom. The second kappa shape index (κ2) is 6.58. The molecule has 0 unspecified atom stereocenters. The lowest BCUT2D eigenvalue weighted by Crippen LogP contribution is -2.40. The fraction of sp³-hybridized carbons (Fsp3) is 0.417. The number of nitrogen functional groups attached to an aromatic ring is 1. The number of nitrogens with two attached hydrogens (primary N) is 1. The molecule has 20 heavy (non-hydrogen) atoms. The Labute approximate surface area is 118 Å². The van der Waals surface area contributed by atoms with Gasteiger partial charge in [0.05, 0.1) is 17.1 Å². The molecule has 1 aromatic rings. The zero-order valence-corrected chi connectivity index (χ0v) is 12.3. The topological polar surface area (TPSA) is 113 Å². The Hall–Kier alpha value is -1.80. The Morgan fingerprint density at radius 2 is 2.05 bits per heavy atom. The van der Waals surface area contributed by atoms with Crippen molar-refractivity contribution in [2.75, 3.05) is 25.4 Å². The average molecular weight is 301 g/mol. The first-order valence-electron chi connectivity index (χ1n) is 6.18. The highest BCUT2D eigenvalue weighted by atomic mass is 32.2. The Bertz CT molecular complexity index is 586. The van der Waals surface area contributed by atoms with Gasteiger partial charge in [0, 0.05) is 13.1 Å². The van der Waals surface area contributed by atoms with Crippen LogP contribution < -0.4 is 11.1 Å². The maximum absolute atomic E-state index is 12.4. The van der Waals surface area contributed by atoms with E-state index in [2.05, 4.69) is 5.32 Å². The quantitative estimate of drug-likeness (QED) is 0.510. The summed E-state index contributed by atoms with van der Waals surface area (Å²) in [7, 11) is -3.82. The van der Waals surface area contributed by atoms with Crippen molar-refractivity contribution in [3.63, 3.8) is 0 Å². The molecule has 0 aromatic heterocycles. The van der Waals surface area contributed by atoms with Gasteiger partial charge in [-0.15, -0.1) is 0 Å². The van der Waals surface area contributed by atoms with E-state index >= 15 is 0 Å². The van der Waals surface area contributed by atoms with Gasteiger partial charge in [0.15, 0.2) is 0 Å². The first kappa shape index (κ1) is 16.3. The number of carbonyl (C=O) groups excluding carboxylic acids is 1. The maximum atomic E-state index is 12.4.